The van der Waals surface area contributed by atoms with E-state index in [0.717, 1.165) is 12.7 Å². The van der Waals surface area contributed by atoms with Crippen LogP contribution in [0.1, 0.15) is 6.92 Å². The SMILES string of the molecule is CC1(CBPI)CO1. The Morgan fingerprint density at radius 1 is 2.00 bits per heavy atom. The minimum atomic E-state index is 0.304. The summed E-state index contributed by atoms with van der Waals surface area (Å²) in [7, 11) is 0. The smallest absolute Gasteiger partial charge is 0.164 e. The van der Waals surface area contributed by atoms with Crippen LogP contribution in [0.3, 0.4) is 0 Å². The van der Waals surface area contributed by atoms with Crippen molar-refractivity contribution in [3.05, 3.63) is 0 Å². The molecule has 1 aliphatic rings. The zero-order valence-electron chi connectivity index (χ0n) is 4.91. The number of halogens is 1. The summed E-state index contributed by atoms with van der Waals surface area (Å²) in [5.74, 6) is 0. The predicted molar refractivity (Wildman–Crippen MR) is 48.6 cm³/mol. The van der Waals surface area contributed by atoms with Gasteiger partial charge in [0.25, 0.3) is 0 Å². The number of epoxide rings is 1. The Balaban J connectivity index is 2.01. The van der Waals surface area contributed by atoms with Crippen LogP contribution in [0.15, 0.2) is 0 Å². The van der Waals surface area contributed by atoms with E-state index in [1.807, 2.05) is 0 Å². The Kier molecular flexibility index (Phi) is 2.59. The van der Waals surface area contributed by atoms with E-state index in [4.69, 9.17) is 4.74 Å². The van der Waals surface area contributed by atoms with Gasteiger partial charge in [0.05, 0.1) is 12.2 Å². The van der Waals surface area contributed by atoms with Crippen molar-refractivity contribution in [2.75, 3.05) is 6.61 Å². The summed E-state index contributed by atoms with van der Waals surface area (Å²) < 4.78 is 5.20. The number of hydrogen-bond acceptors (Lipinski definition) is 1. The molecule has 0 amide bonds. The van der Waals surface area contributed by atoms with Gasteiger partial charge in [-0.1, -0.05) is 28.1 Å². The van der Waals surface area contributed by atoms with Gasteiger partial charge < -0.3 is 4.74 Å². The van der Waals surface area contributed by atoms with E-state index < -0.39 is 0 Å². The number of ether oxygens (including phenoxy) is 1. The average molecular weight is 242 g/mol. The van der Waals surface area contributed by atoms with E-state index in [1.165, 1.54) is 13.3 Å². The molecule has 0 spiro atoms. The molecule has 0 saturated carbocycles. The van der Waals surface area contributed by atoms with Gasteiger partial charge in [-0.15, -0.1) is 0 Å². The minimum Gasteiger partial charge on any atom is -0.371 e. The fourth-order valence-electron chi connectivity index (χ4n) is 0.579. The zero-order valence-corrected chi connectivity index (χ0v) is 8.07. The second-order valence-corrected chi connectivity index (χ2v) is 5.43. The molecular weight excluding hydrogens is 233 g/mol. The van der Waals surface area contributed by atoms with Crippen LogP contribution in [0.4, 0.5) is 0 Å². The fraction of sp³-hybridized carbons (Fsp3) is 1.00. The maximum absolute atomic E-state index is 5.20. The van der Waals surface area contributed by atoms with Crippen molar-refractivity contribution in [1.29, 1.82) is 0 Å². The molecule has 0 bridgehead atoms. The van der Waals surface area contributed by atoms with Crippen molar-refractivity contribution < 1.29 is 4.74 Å². The van der Waals surface area contributed by atoms with Crippen LogP contribution in [-0.2, 0) is 4.74 Å². The monoisotopic (exact) mass is 242 g/mol. The van der Waals surface area contributed by atoms with E-state index in [0.29, 0.717) is 5.60 Å². The third-order valence-corrected chi connectivity index (χ3v) is 3.44. The molecule has 1 saturated heterocycles. The average Bonchev–Trinajstić information content (AvgIpc) is 2.45. The summed E-state index contributed by atoms with van der Waals surface area (Å²) in [5.41, 5.74) is 0.304. The molecule has 2 unspecified atom stereocenters. The minimum absolute atomic E-state index is 0.304. The van der Waals surface area contributed by atoms with E-state index >= 15 is 0 Å². The van der Waals surface area contributed by atoms with Crippen molar-refractivity contribution in [3.8, 4) is 0 Å². The van der Waals surface area contributed by atoms with Crippen molar-refractivity contribution in [1.82, 2.24) is 0 Å². The first kappa shape index (κ1) is 7.29. The summed E-state index contributed by atoms with van der Waals surface area (Å²) in [4.78, 5) is 0. The Morgan fingerprint density at radius 2 is 2.62 bits per heavy atom. The molecule has 0 aliphatic carbocycles. The zero-order chi connectivity index (χ0) is 6.04. The lowest BCUT2D eigenvalue weighted by Crippen LogP contribution is -2.04. The van der Waals surface area contributed by atoms with Gasteiger partial charge in [-0.2, -0.15) is 0 Å². The van der Waals surface area contributed by atoms with Gasteiger partial charge in [0.2, 0.25) is 0 Å². The highest BCUT2D eigenvalue weighted by molar-refractivity contribution is 14.2. The molecule has 4 heteroatoms. The molecule has 46 valence electrons. The van der Waals surface area contributed by atoms with Gasteiger partial charge in [-0.25, -0.2) is 0 Å². The van der Waals surface area contributed by atoms with Gasteiger partial charge in [0, 0.05) is 0 Å². The molecule has 0 aromatic heterocycles. The third-order valence-electron chi connectivity index (χ3n) is 1.39. The van der Waals surface area contributed by atoms with Gasteiger partial charge in [0.1, 0.15) is 0 Å². The van der Waals surface area contributed by atoms with Gasteiger partial charge in [0.15, 0.2) is 7.00 Å². The van der Waals surface area contributed by atoms with Crippen LogP contribution in [0.5, 0.6) is 0 Å². The molecule has 1 heterocycles. The molecule has 1 aliphatic heterocycles. The van der Waals surface area contributed by atoms with E-state index in [-0.39, 0.29) is 0 Å². The lowest BCUT2D eigenvalue weighted by molar-refractivity contribution is 0.344. The van der Waals surface area contributed by atoms with Crippen LogP contribution in [0, 0.1) is 0 Å². The fourth-order valence-corrected chi connectivity index (χ4v) is 2.01. The normalized spacial score (nSPS) is 36.2. The van der Waals surface area contributed by atoms with E-state index in [9.17, 15) is 0 Å². The van der Waals surface area contributed by atoms with Crippen molar-refractivity contribution in [3.63, 3.8) is 0 Å². The van der Waals surface area contributed by atoms with Gasteiger partial charge in [-0.3, -0.25) is 0 Å². The summed E-state index contributed by atoms with van der Waals surface area (Å²) in [6.45, 7) is 4.51. The van der Waals surface area contributed by atoms with E-state index in [2.05, 4.69) is 29.0 Å². The standard InChI is InChI=1S/C4H9BIOP/c1-4(3-7-4)2-5-8-6/h5,8H,2-3H2,1H3. The highest BCUT2D eigenvalue weighted by Gasteiger charge is 2.37. The molecule has 8 heavy (non-hydrogen) atoms. The Bertz CT molecular complexity index is 86.1. The topological polar surface area (TPSA) is 12.5 Å². The first-order chi connectivity index (χ1) is 3.77. The van der Waals surface area contributed by atoms with Gasteiger partial charge in [-0.05, 0) is 13.2 Å². The van der Waals surface area contributed by atoms with Gasteiger partial charge >= 0.3 is 0 Å². The molecule has 0 aromatic rings. The predicted octanol–water partition coefficient (Wildman–Crippen LogP) is 1.57. The quantitative estimate of drug-likeness (QED) is 0.316. The van der Waals surface area contributed by atoms with Crippen molar-refractivity contribution >= 4 is 35.1 Å². The Hall–Kier alpha value is 1.18. The molecule has 2 atom stereocenters. The second kappa shape index (κ2) is 2.85. The summed E-state index contributed by atoms with van der Waals surface area (Å²) in [6.07, 6.45) is 2.32. The van der Waals surface area contributed by atoms with Crippen LogP contribution in [0.2, 0.25) is 6.32 Å². The first-order valence-corrected chi connectivity index (χ1v) is 7.06. The Labute approximate surface area is 65.4 Å². The van der Waals surface area contributed by atoms with Crippen LogP contribution < -0.4 is 0 Å². The first-order valence-electron chi connectivity index (χ1n) is 2.74. The molecule has 0 aromatic carbocycles. The highest BCUT2D eigenvalue weighted by atomic mass is 127. The van der Waals surface area contributed by atoms with Crippen molar-refractivity contribution in [2.24, 2.45) is 0 Å². The van der Waals surface area contributed by atoms with Crippen LogP contribution >= 0.6 is 28.1 Å². The number of hydrogen-bond donors (Lipinski definition) is 0. The summed E-state index contributed by atoms with van der Waals surface area (Å²) in [5, 5.41) is 0. The van der Waals surface area contributed by atoms with Crippen LogP contribution in [0.25, 0.3) is 0 Å². The lowest BCUT2D eigenvalue weighted by atomic mass is 9.92. The molecule has 0 radical (unpaired) electrons. The maximum atomic E-state index is 5.20. The summed E-state index contributed by atoms with van der Waals surface area (Å²) in [6, 6.07) is 0. The van der Waals surface area contributed by atoms with E-state index in [1.54, 1.807) is 0 Å². The Morgan fingerprint density at radius 3 is 3.00 bits per heavy atom. The molecular formula is C4H9BIOP. The lowest BCUT2D eigenvalue weighted by Gasteiger charge is -1.97. The number of rotatable bonds is 3. The highest BCUT2D eigenvalue weighted by Crippen LogP contribution is 2.33. The largest absolute Gasteiger partial charge is 0.371 e. The summed E-state index contributed by atoms with van der Waals surface area (Å²) >= 11 is 2.43. The van der Waals surface area contributed by atoms with Crippen molar-refractivity contribution in [2.45, 2.75) is 18.8 Å². The molecule has 0 N–H and O–H groups in total. The molecule has 1 fully saturated rings. The molecule has 1 nitrogen and oxygen atoms in total. The molecule has 1 rings (SSSR count). The second-order valence-electron chi connectivity index (χ2n) is 2.37. The third kappa shape index (κ3) is 2.20. The maximum Gasteiger partial charge on any atom is 0.164 e. The van der Waals surface area contributed by atoms with Crippen LogP contribution in [-0.4, -0.2) is 19.2 Å².